The molecule has 126 valence electrons. The fraction of sp³-hybridized carbons (Fsp3) is 0.500. The summed E-state index contributed by atoms with van der Waals surface area (Å²) < 4.78 is 19.1. The van der Waals surface area contributed by atoms with Crippen LogP contribution in [0.2, 0.25) is 5.02 Å². The third-order valence-electron chi connectivity index (χ3n) is 3.73. The molecule has 1 fully saturated rings. The second-order valence-electron chi connectivity index (χ2n) is 5.73. The van der Waals surface area contributed by atoms with Gasteiger partial charge in [-0.15, -0.1) is 0 Å². The quantitative estimate of drug-likeness (QED) is 0.911. The topological polar surface area (TPSA) is 58.6 Å². The minimum atomic E-state index is -0.740. The standard InChI is InChI=1S/C16H20ClFN2O3/c1-10(2)14(16(22)20-6-8-23-9-7-20)19-15(21)13-11(17)4-3-5-12(13)18/h3-5,10,14H,6-9H2,1-2H3,(H,19,21)/t14-/m0/s1. The zero-order valence-electron chi connectivity index (χ0n) is 13.1. The summed E-state index contributed by atoms with van der Waals surface area (Å²) in [6.07, 6.45) is 0. The lowest BCUT2D eigenvalue weighted by Gasteiger charge is -2.32. The van der Waals surface area contributed by atoms with Crippen LogP contribution in [-0.4, -0.2) is 49.1 Å². The van der Waals surface area contributed by atoms with Crippen molar-refractivity contribution in [1.29, 1.82) is 0 Å². The number of ether oxygens (including phenoxy) is 1. The second-order valence-corrected chi connectivity index (χ2v) is 6.14. The first-order chi connectivity index (χ1) is 10.9. The number of hydrogen-bond acceptors (Lipinski definition) is 3. The molecule has 1 aliphatic rings. The predicted octanol–water partition coefficient (Wildman–Crippen LogP) is 2.09. The van der Waals surface area contributed by atoms with E-state index in [0.717, 1.165) is 6.07 Å². The molecule has 23 heavy (non-hydrogen) atoms. The van der Waals surface area contributed by atoms with Crippen molar-refractivity contribution >= 4 is 23.4 Å². The third kappa shape index (κ3) is 4.20. The van der Waals surface area contributed by atoms with Crippen LogP contribution in [0.1, 0.15) is 24.2 Å². The first-order valence-corrected chi connectivity index (χ1v) is 7.91. The Bertz CT molecular complexity index is 568. The van der Waals surface area contributed by atoms with Gasteiger partial charge in [0.15, 0.2) is 0 Å². The summed E-state index contributed by atoms with van der Waals surface area (Å²) >= 11 is 5.90. The van der Waals surface area contributed by atoms with Gasteiger partial charge < -0.3 is 15.0 Å². The molecule has 0 saturated carbocycles. The molecule has 1 atom stereocenters. The molecule has 0 aromatic heterocycles. The minimum Gasteiger partial charge on any atom is -0.378 e. The maximum Gasteiger partial charge on any atom is 0.256 e. The van der Waals surface area contributed by atoms with Gasteiger partial charge in [0.1, 0.15) is 11.9 Å². The predicted molar refractivity (Wildman–Crippen MR) is 84.9 cm³/mol. The van der Waals surface area contributed by atoms with Crippen LogP contribution in [0.5, 0.6) is 0 Å². The van der Waals surface area contributed by atoms with Crippen molar-refractivity contribution < 1.29 is 18.7 Å². The summed E-state index contributed by atoms with van der Waals surface area (Å²) in [5, 5.41) is 2.63. The van der Waals surface area contributed by atoms with Crippen molar-refractivity contribution in [3.63, 3.8) is 0 Å². The average Bonchev–Trinajstić information content (AvgIpc) is 2.52. The van der Waals surface area contributed by atoms with Crippen LogP contribution < -0.4 is 5.32 Å². The second kappa shape index (κ2) is 7.75. The molecule has 0 unspecified atom stereocenters. The number of hydrogen-bond donors (Lipinski definition) is 1. The van der Waals surface area contributed by atoms with Crippen molar-refractivity contribution in [2.24, 2.45) is 5.92 Å². The molecule has 0 spiro atoms. The number of carbonyl (C=O) groups is 2. The molecule has 1 aromatic carbocycles. The summed E-state index contributed by atoms with van der Waals surface area (Å²) in [5.41, 5.74) is -0.241. The van der Waals surface area contributed by atoms with Crippen molar-refractivity contribution in [2.45, 2.75) is 19.9 Å². The van der Waals surface area contributed by atoms with Gasteiger partial charge in [0.25, 0.3) is 5.91 Å². The van der Waals surface area contributed by atoms with E-state index in [0.29, 0.717) is 26.3 Å². The lowest BCUT2D eigenvalue weighted by atomic mass is 10.0. The Hall–Kier alpha value is -1.66. The van der Waals surface area contributed by atoms with Gasteiger partial charge in [-0.1, -0.05) is 31.5 Å². The van der Waals surface area contributed by atoms with E-state index in [2.05, 4.69) is 5.32 Å². The van der Waals surface area contributed by atoms with E-state index in [1.807, 2.05) is 13.8 Å². The molecule has 0 radical (unpaired) electrons. The minimum absolute atomic E-state index is 0.0174. The molecule has 1 aliphatic heterocycles. The first kappa shape index (κ1) is 17.7. The number of morpholine rings is 1. The van der Waals surface area contributed by atoms with Gasteiger partial charge in [-0.2, -0.15) is 0 Å². The molecule has 1 aromatic rings. The lowest BCUT2D eigenvalue weighted by Crippen LogP contribution is -2.54. The van der Waals surface area contributed by atoms with E-state index in [4.69, 9.17) is 16.3 Å². The molecule has 1 N–H and O–H groups in total. The van der Waals surface area contributed by atoms with Gasteiger partial charge in [0.05, 0.1) is 23.8 Å². The Morgan fingerprint density at radius 2 is 1.96 bits per heavy atom. The van der Waals surface area contributed by atoms with E-state index >= 15 is 0 Å². The number of halogens is 2. The molecule has 1 heterocycles. The Morgan fingerprint density at radius 1 is 1.30 bits per heavy atom. The number of nitrogens with one attached hydrogen (secondary N) is 1. The lowest BCUT2D eigenvalue weighted by molar-refractivity contribution is -0.138. The largest absolute Gasteiger partial charge is 0.378 e. The van der Waals surface area contributed by atoms with Gasteiger partial charge in [-0.3, -0.25) is 9.59 Å². The molecular weight excluding hydrogens is 323 g/mol. The Kier molecular flexibility index (Phi) is 5.96. The third-order valence-corrected chi connectivity index (χ3v) is 4.05. The summed E-state index contributed by atoms with van der Waals surface area (Å²) in [6.45, 7) is 5.57. The first-order valence-electron chi connectivity index (χ1n) is 7.53. The van der Waals surface area contributed by atoms with Gasteiger partial charge in [-0.05, 0) is 18.1 Å². The molecule has 1 saturated heterocycles. The van der Waals surface area contributed by atoms with E-state index in [1.54, 1.807) is 4.90 Å². The van der Waals surface area contributed by atoms with Crippen molar-refractivity contribution in [1.82, 2.24) is 10.2 Å². The molecule has 5 nitrogen and oxygen atoms in total. The highest BCUT2D eigenvalue weighted by atomic mass is 35.5. The van der Waals surface area contributed by atoms with Crippen LogP contribution >= 0.6 is 11.6 Å². The normalized spacial score (nSPS) is 16.3. The van der Waals surface area contributed by atoms with Crippen molar-refractivity contribution in [3.05, 3.63) is 34.6 Å². The highest BCUT2D eigenvalue weighted by Crippen LogP contribution is 2.19. The summed E-state index contributed by atoms with van der Waals surface area (Å²) in [5.74, 6) is -1.73. The highest BCUT2D eigenvalue weighted by Gasteiger charge is 2.30. The Labute approximate surface area is 139 Å². The highest BCUT2D eigenvalue weighted by molar-refractivity contribution is 6.33. The molecule has 2 rings (SSSR count). The SMILES string of the molecule is CC(C)[C@H](NC(=O)c1c(F)cccc1Cl)C(=O)N1CCOCC1. The van der Waals surface area contributed by atoms with E-state index in [-0.39, 0.29) is 22.4 Å². The van der Waals surface area contributed by atoms with Crippen LogP contribution in [0.25, 0.3) is 0 Å². The fourth-order valence-corrected chi connectivity index (χ4v) is 2.67. The van der Waals surface area contributed by atoms with Crippen LogP contribution in [-0.2, 0) is 9.53 Å². The van der Waals surface area contributed by atoms with Crippen molar-refractivity contribution in [2.75, 3.05) is 26.3 Å². The monoisotopic (exact) mass is 342 g/mol. The van der Waals surface area contributed by atoms with Gasteiger partial charge in [-0.25, -0.2) is 4.39 Å². The van der Waals surface area contributed by atoms with Gasteiger partial charge in [0.2, 0.25) is 5.91 Å². The fourth-order valence-electron chi connectivity index (χ4n) is 2.42. The van der Waals surface area contributed by atoms with Crippen LogP contribution in [0.4, 0.5) is 4.39 Å². The van der Waals surface area contributed by atoms with Gasteiger partial charge >= 0.3 is 0 Å². The maximum atomic E-state index is 13.9. The van der Waals surface area contributed by atoms with Crippen LogP contribution in [0, 0.1) is 11.7 Å². The number of rotatable bonds is 4. The Balaban J connectivity index is 2.15. The molecule has 0 aliphatic carbocycles. The summed E-state index contributed by atoms with van der Waals surface area (Å²) in [6, 6.07) is 3.28. The van der Waals surface area contributed by atoms with Gasteiger partial charge in [0, 0.05) is 13.1 Å². The van der Waals surface area contributed by atoms with E-state index in [1.165, 1.54) is 12.1 Å². The summed E-state index contributed by atoms with van der Waals surface area (Å²) in [4.78, 5) is 26.6. The smallest absolute Gasteiger partial charge is 0.256 e. The van der Waals surface area contributed by atoms with E-state index in [9.17, 15) is 14.0 Å². The molecular formula is C16H20ClFN2O3. The van der Waals surface area contributed by atoms with E-state index < -0.39 is 17.8 Å². The number of nitrogens with zero attached hydrogens (tertiary/aromatic N) is 1. The average molecular weight is 343 g/mol. The molecule has 2 amide bonds. The number of amides is 2. The number of benzene rings is 1. The van der Waals surface area contributed by atoms with Crippen LogP contribution in [0.15, 0.2) is 18.2 Å². The molecule has 7 heteroatoms. The zero-order valence-corrected chi connectivity index (χ0v) is 13.9. The zero-order chi connectivity index (χ0) is 17.0. The van der Waals surface area contributed by atoms with Crippen LogP contribution in [0.3, 0.4) is 0 Å². The number of carbonyl (C=O) groups excluding carboxylic acids is 2. The Morgan fingerprint density at radius 3 is 2.52 bits per heavy atom. The summed E-state index contributed by atoms with van der Waals surface area (Å²) in [7, 11) is 0. The maximum absolute atomic E-state index is 13.9. The molecule has 0 bridgehead atoms. The van der Waals surface area contributed by atoms with Crippen molar-refractivity contribution in [3.8, 4) is 0 Å².